The Morgan fingerprint density at radius 3 is 2.86 bits per heavy atom. The number of rotatable bonds is 4. The van der Waals surface area contributed by atoms with E-state index in [1.165, 1.54) is 12.8 Å². The van der Waals surface area contributed by atoms with Crippen LogP contribution in [0.3, 0.4) is 0 Å². The molecule has 4 rings (SSSR count). The van der Waals surface area contributed by atoms with Crippen LogP contribution in [0.25, 0.3) is 10.9 Å². The quantitative estimate of drug-likeness (QED) is 0.742. The molecule has 1 saturated carbocycles. The van der Waals surface area contributed by atoms with Gasteiger partial charge in [0.2, 0.25) is 0 Å². The van der Waals surface area contributed by atoms with Gasteiger partial charge < -0.3 is 15.1 Å². The molecule has 1 aromatic carbocycles. The molecule has 2 heterocycles. The first-order valence-electron chi connectivity index (χ1n) is 7.25. The molecule has 0 radical (unpaired) electrons. The van der Waals surface area contributed by atoms with E-state index in [1.54, 1.807) is 6.26 Å². The molecule has 4 nitrogen and oxygen atoms in total. The van der Waals surface area contributed by atoms with Crippen molar-refractivity contribution in [3.63, 3.8) is 0 Å². The van der Waals surface area contributed by atoms with Gasteiger partial charge in [0.1, 0.15) is 11.6 Å². The second kappa shape index (κ2) is 4.81. The van der Waals surface area contributed by atoms with Crippen molar-refractivity contribution in [1.29, 1.82) is 0 Å². The number of hydrogen-bond donors (Lipinski definition) is 1. The van der Waals surface area contributed by atoms with Crippen molar-refractivity contribution in [2.24, 2.45) is 0 Å². The van der Waals surface area contributed by atoms with E-state index in [4.69, 9.17) is 15.1 Å². The molecule has 106 valence electrons. The molecule has 2 aromatic heterocycles. The Bertz CT molecular complexity index is 763. The van der Waals surface area contributed by atoms with Gasteiger partial charge in [0.05, 0.1) is 18.3 Å². The summed E-state index contributed by atoms with van der Waals surface area (Å²) >= 11 is 0. The molecule has 4 heteroatoms. The van der Waals surface area contributed by atoms with Gasteiger partial charge in [-0.05, 0) is 55.3 Å². The minimum atomic E-state index is 0.578. The van der Waals surface area contributed by atoms with Crippen LogP contribution in [0, 0.1) is 0 Å². The highest BCUT2D eigenvalue weighted by atomic mass is 16.3. The maximum Gasteiger partial charge on any atom is 0.129 e. The molecule has 1 aliphatic carbocycles. The second-order valence-electron chi connectivity index (χ2n) is 5.56. The van der Waals surface area contributed by atoms with Crippen LogP contribution in [0.1, 0.15) is 18.6 Å². The van der Waals surface area contributed by atoms with E-state index in [9.17, 15) is 0 Å². The van der Waals surface area contributed by atoms with Crippen LogP contribution in [0.5, 0.6) is 0 Å². The zero-order valence-corrected chi connectivity index (χ0v) is 11.7. The van der Waals surface area contributed by atoms with E-state index in [2.05, 4.69) is 17.0 Å². The molecule has 0 amide bonds. The summed E-state index contributed by atoms with van der Waals surface area (Å²) in [6.07, 6.45) is 4.17. The fraction of sp³-hybridized carbons (Fsp3) is 0.235. The Morgan fingerprint density at radius 2 is 2.10 bits per heavy atom. The number of benzene rings is 1. The zero-order chi connectivity index (χ0) is 14.2. The largest absolute Gasteiger partial charge is 0.467 e. The van der Waals surface area contributed by atoms with Gasteiger partial charge in [0.15, 0.2) is 0 Å². The average Bonchev–Trinajstić information content (AvgIpc) is 3.21. The first kappa shape index (κ1) is 12.3. The first-order chi connectivity index (χ1) is 10.3. The Hall–Kier alpha value is -2.49. The molecule has 0 bridgehead atoms. The number of fused-ring (bicyclic) bond motifs is 1. The van der Waals surface area contributed by atoms with Crippen molar-refractivity contribution < 1.29 is 4.42 Å². The van der Waals surface area contributed by atoms with Crippen molar-refractivity contribution in [1.82, 2.24) is 4.98 Å². The summed E-state index contributed by atoms with van der Waals surface area (Å²) in [5, 5.41) is 1.08. The third-order valence-corrected chi connectivity index (χ3v) is 3.89. The lowest BCUT2D eigenvalue weighted by Crippen LogP contribution is -2.25. The standard InChI is InChI=1S/C17H17N3O/c18-13-4-7-16-12(10-13)3-8-17(19-16)20(14-5-6-14)11-15-2-1-9-21-15/h1-4,7-10,14H,5-6,11,18H2. The Labute approximate surface area is 123 Å². The Morgan fingerprint density at radius 1 is 1.19 bits per heavy atom. The van der Waals surface area contributed by atoms with Gasteiger partial charge in [-0.25, -0.2) is 4.98 Å². The van der Waals surface area contributed by atoms with Gasteiger partial charge in [-0.1, -0.05) is 0 Å². The lowest BCUT2D eigenvalue weighted by molar-refractivity contribution is 0.500. The lowest BCUT2D eigenvalue weighted by Gasteiger charge is -2.22. The van der Waals surface area contributed by atoms with Gasteiger partial charge in [-0.3, -0.25) is 0 Å². The molecule has 1 aliphatic rings. The van der Waals surface area contributed by atoms with E-state index in [1.807, 2.05) is 30.3 Å². The number of nitrogens with zero attached hydrogens (tertiary/aromatic N) is 2. The third kappa shape index (κ3) is 2.44. The van der Waals surface area contributed by atoms with Crippen LogP contribution in [0.15, 0.2) is 53.1 Å². The molecular formula is C17H17N3O. The molecule has 3 aromatic rings. The van der Waals surface area contributed by atoms with Gasteiger partial charge in [-0.15, -0.1) is 0 Å². The van der Waals surface area contributed by atoms with Crippen LogP contribution < -0.4 is 10.6 Å². The van der Waals surface area contributed by atoms with Gasteiger partial charge in [0, 0.05) is 17.1 Å². The number of pyridine rings is 1. The van der Waals surface area contributed by atoms with Gasteiger partial charge >= 0.3 is 0 Å². The minimum absolute atomic E-state index is 0.578. The predicted octanol–water partition coefficient (Wildman–Crippen LogP) is 3.58. The van der Waals surface area contributed by atoms with Crippen molar-refractivity contribution in [2.75, 3.05) is 10.6 Å². The molecule has 0 spiro atoms. The molecule has 21 heavy (non-hydrogen) atoms. The normalized spacial score (nSPS) is 14.5. The first-order valence-corrected chi connectivity index (χ1v) is 7.25. The monoisotopic (exact) mass is 279 g/mol. The summed E-state index contributed by atoms with van der Waals surface area (Å²) in [5.41, 5.74) is 7.57. The van der Waals surface area contributed by atoms with Crippen molar-refractivity contribution in [3.8, 4) is 0 Å². The summed E-state index contributed by atoms with van der Waals surface area (Å²) in [6, 6.07) is 14.5. The molecule has 0 saturated heterocycles. The topological polar surface area (TPSA) is 55.3 Å². The lowest BCUT2D eigenvalue weighted by atomic mass is 10.2. The zero-order valence-electron chi connectivity index (χ0n) is 11.7. The molecular weight excluding hydrogens is 262 g/mol. The number of anilines is 2. The molecule has 1 fully saturated rings. The van der Waals surface area contributed by atoms with Crippen LogP contribution in [-0.2, 0) is 6.54 Å². The fourth-order valence-corrected chi connectivity index (χ4v) is 2.65. The highest BCUT2D eigenvalue weighted by Gasteiger charge is 2.30. The van der Waals surface area contributed by atoms with Crippen molar-refractivity contribution in [2.45, 2.75) is 25.4 Å². The summed E-state index contributed by atoms with van der Waals surface area (Å²) in [4.78, 5) is 7.12. The number of aromatic nitrogens is 1. The molecule has 0 aliphatic heterocycles. The fourth-order valence-electron chi connectivity index (χ4n) is 2.65. The average molecular weight is 279 g/mol. The highest BCUT2D eigenvalue weighted by molar-refractivity contribution is 5.83. The smallest absolute Gasteiger partial charge is 0.129 e. The van der Waals surface area contributed by atoms with E-state index in [0.717, 1.165) is 34.7 Å². The maximum atomic E-state index is 5.82. The summed E-state index contributed by atoms with van der Waals surface area (Å²) in [6.45, 7) is 0.769. The van der Waals surface area contributed by atoms with Crippen molar-refractivity contribution >= 4 is 22.4 Å². The third-order valence-electron chi connectivity index (χ3n) is 3.89. The summed E-state index contributed by atoms with van der Waals surface area (Å²) in [7, 11) is 0. The highest BCUT2D eigenvalue weighted by Crippen LogP contribution is 2.33. The van der Waals surface area contributed by atoms with E-state index in [-0.39, 0.29) is 0 Å². The molecule has 2 N–H and O–H groups in total. The Kier molecular flexibility index (Phi) is 2.81. The molecule has 0 atom stereocenters. The summed E-state index contributed by atoms with van der Waals surface area (Å²) in [5.74, 6) is 1.98. The number of nitrogen functional groups attached to an aromatic ring is 1. The number of nitrogens with two attached hydrogens (primary N) is 1. The minimum Gasteiger partial charge on any atom is -0.467 e. The number of furan rings is 1. The van der Waals surface area contributed by atoms with E-state index in [0.29, 0.717) is 6.04 Å². The van der Waals surface area contributed by atoms with Crippen molar-refractivity contribution in [3.05, 3.63) is 54.5 Å². The Balaban J connectivity index is 1.70. The van der Waals surface area contributed by atoms with Crippen LogP contribution in [-0.4, -0.2) is 11.0 Å². The van der Waals surface area contributed by atoms with Crippen LogP contribution >= 0.6 is 0 Å². The van der Waals surface area contributed by atoms with Gasteiger partial charge in [-0.2, -0.15) is 0 Å². The number of hydrogen-bond acceptors (Lipinski definition) is 4. The summed E-state index contributed by atoms with van der Waals surface area (Å²) < 4.78 is 5.48. The predicted molar refractivity (Wildman–Crippen MR) is 84.1 cm³/mol. The van der Waals surface area contributed by atoms with E-state index < -0.39 is 0 Å². The van der Waals surface area contributed by atoms with Crippen LogP contribution in [0.4, 0.5) is 11.5 Å². The van der Waals surface area contributed by atoms with Gasteiger partial charge in [0.25, 0.3) is 0 Å². The molecule has 0 unspecified atom stereocenters. The maximum absolute atomic E-state index is 5.82. The van der Waals surface area contributed by atoms with E-state index >= 15 is 0 Å². The second-order valence-corrected chi connectivity index (χ2v) is 5.56. The van der Waals surface area contributed by atoms with Crippen LogP contribution in [0.2, 0.25) is 0 Å². The SMILES string of the molecule is Nc1ccc2nc(N(Cc3ccco3)C3CC3)ccc2c1.